The van der Waals surface area contributed by atoms with Gasteiger partial charge in [-0.3, -0.25) is 0 Å². The maximum absolute atomic E-state index is 10.8. The molecule has 1 fully saturated rings. The van der Waals surface area contributed by atoms with Crippen molar-refractivity contribution < 1.29 is 37.3 Å². The summed E-state index contributed by atoms with van der Waals surface area (Å²) in [6.45, 7) is 3.37. The third-order valence-corrected chi connectivity index (χ3v) is 1.92. The Labute approximate surface area is 101 Å². The molecular weight excluding hydrogens is 259 g/mol. The molecule has 2 N–H and O–H groups in total. The van der Waals surface area contributed by atoms with E-state index in [0.29, 0.717) is 0 Å². The van der Waals surface area contributed by atoms with Gasteiger partial charge in [-0.1, -0.05) is 0 Å². The van der Waals surface area contributed by atoms with E-state index in [4.69, 9.17) is 14.6 Å². The number of esters is 1. The van der Waals surface area contributed by atoms with Crippen molar-refractivity contribution in [3.8, 4) is 0 Å². The molecule has 1 aliphatic heterocycles. The topological polar surface area (TPSA) is 84.9 Å². The van der Waals surface area contributed by atoms with Crippen LogP contribution in [-0.4, -0.2) is 55.6 Å². The van der Waals surface area contributed by atoms with Crippen molar-refractivity contribution in [3.63, 3.8) is 0 Å². The number of carbonyl (C=O) groups is 2. The first-order valence-corrected chi connectivity index (χ1v) is 4.92. The number of aliphatic carboxylic acids is 1. The molecule has 1 atom stereocenters. The smallest absolute Gasteiger partial charge is 0.475 e. The van der Waals surface area contributed by atoms with Crippen molar-refractivity contribution >= 4 is 11.9 Å². The van der Waals surface area contributed by atoms with Crippen LogP contribution >= 0.6 is 0 Å². The van der Waals surface area contributed by atoms with Crippen LogP contribution in [0.15, 0.2) is 0 Å². The predicted octanol–water partition coefficient (Wildman–Crippen LogP) is 0.170. The fourth-order valence-corrected chi connectivity index (χ4v) is 0.869. The quantitative estimate of drug-likeness (QED) is 0.713. The number of hydrogen-bond acceptors (Lipinski definition) is 5. The second-order valence-corrected chi connectivity index (χ2v) is 3.38. The lowest BCUT2D eigenvalue weighted by molar-refractivity contribution is -0.192. The lowest BCUT2D eigenvalue weighted by atomic mass is 10.2. The molecule has 6 nitrogen and oxygen atoms in total. The van der Waals surface area contributed by atoms with Crippen LogP contribution in [0.5, 0.6) is 0 Å². The number of alkyl halides is 3. The molecule has 18 heavy (non-hydrogen) atoms. The highest BCUT2D eigenvalue weighted by Crippen LogP contribution is 2.13. The highest BCUT2D eigenvalue weighted by Gasteiger charge is 2.38. The number of halogens is 3. The molecule has 0 saturated carbocycles. The van der Waals surface area contributed by atoms with Crippen LogP contribution in [0, 0.1) is 0 Å². The molecule has 0 spiro atoms. The minimum Gasteiger partial charge on any atom is -0.475 e. The Balaban J connectivity index is 0.000000360. The van der Waals surface area contributed by atoms with Crippen LogP contribution in [0.1, 0.15) is 6.92 Å². The number of carbonyl (C=O) groups excluding carboxylic acids is 1. The van der Waals surface area contributed by atoms with Crippen molar-refractivity contribution in [3.05, 3.63) is 0 Å². The lowest BCUT2D eigenvalue weighted by Gasteiger charge is -2.29. The van der Waals surface area contributed by atoms with Crippen LogP contribution < -0.4 is 5.32 Å². The van der Waals surface area contributed by atoms with E-state index in [1.807, 2.05) is 0 Å². The Morgan fingerprint density at radius 3 is 2.06 bits per heavy atom. The summed E-state index contributed by atoms with van der Waals surface area (Å²) in [5.41, 5.74) is 0. The third kappa shape index (κ3) is 6.40. The summed E-state index contributed by atoms with van der Waals surface area (Å²) in [7, 11) is 1.36. The van der Waals surface area contributed by atoms with Gasteiger partial charge in [0, 0.05) is 13.1 Å². The van der Waals surface area contributed by atoms with Gasteiger partial charge < -0.3 is 19.9 Å². The van der Waals surface area contributed by atoms with E-state index in [-0.39, 0.29) is 12.1 Å². The summed E-state index contributed by atoms with van der Waals surface area (Å²) >= 11 is 0. The Kier molecular flexibility index (Phi) is 6.63. The molecule has 1 rings (SSSR count). The highest BCUT2D eigenvalue weighted by molar-refractivity contribution is 5.74. The number of hydrogen-bond donors (Lipinski definition) is 2. The van der Waals surface area contributed by atoms with E-state index >= 15 is 0 Å². The van der Waals surface area contributed by atoms with Crippen LogP contribution in [0.25, 0.3) is 0 Å². The molecule has 0 unspecified atom stereocenters. The molecule has 0 aliphatic carbocycles. The van der Waals surface area contributed by atoms with Crippen LogP contribution in [0.4, 0.5) is 13.2 Å². The molecule has 9 heteroatoms. The zero-order valence-electron chi connectivity index (χ0n) is 9.78. The van der Waals surface area contributed by atoms with E-state index in [0.717, 1.165) is 13.1 Å². The van der Waals surface area contributed by atoms with Gasteiger partial charge in [-0.15, -0.1) is 0 Å². The molecule has 0 amide bonds. The van der Waals surface area contributed by atoms with Gasteiger partial charge in [0.2, 0.25) is 0 Å². The standard InChI is InChI=1S/C7H13NO3.C2HF3O2/c1-5(7(9)10-2)11-6-3-8-4-6;3-2(4,5)1(6)7/h5-6,8H,3-4H2,1-2H3;(H,6,7)/t5-;/m1./s1. The van der Waals surface area contributed by atoms with Gasteiger partial charge in [0.1, 0.15) is 0 Å². The Morgan fingerprint density at radius 1 is 1.39 bits per heavy atom. The van der Waals surface area contributed by atoms with Crippen molar-refractivity contribution in [1.29, 1.82) is 0 Å². The van der Waals surface area contributed by atoms with Crippen LogP contribution in [0.2, 0.25) is 0 Å². The second-order valence-electron chi connectivity index (χ2n) is 3.38. The molecule has 1 aliphatic rings. The van der Waals surface area contributed by atoms with Crippen LogP contribution in [0.3, 0.4) is 0 Å². The van der Waals surface area contributed by atoms with Crippen molar-refractivity contribution in [2.24, 2.45) is 0 Å². The van der Waals surface area contributed by atoms with Gasteiger partial charge in [-0.05, 0) is 6.92 Å². The molecular formula is C9H14F3NO5. The first kappa shape index (κ1) is 16.6. The number of nitrogens with one attached hydrogen (secondary N) is 1. The summed E-state index contributed by atoms with van der Waals surface area (Å²) in [6, 6.07) is 0. The highest BCUT2D eigenvalue weighted by atomic mass is 19.4. The van der Waals surface area contributed by atoms with E-state index < -0.39 is 18.2 Å². The molecule has 0 radical (unpaired) electrons. The maximum atomic E-state index is 10.8. The molecule has 1 heterocycles. The van der Waals surface area contributed by atoms with Gasteiger partial charge in [-0.2, -0.15) is 13.2 Å². The largest absolute Gasteiger partial charge is 0.490 e. The summed E-state index contributed by atoms with van der Waals surface area (Å²) < 4.78 is 41.5. The van der Waals surface area contributed by atoms with E-state index in [1.165, 1.54) is 7.11 Å². The Morgan fingerprint density at radius 2 is 1.83 bits per heavy atom. The van der Waals surface area contributed by atoms with Crippen LogP contribution in [-0.2, 0) is 19.1 Å². The fourth-order valence-electron chi connectivity index (χ4n) is 0.869. The SMILES string of the molecule is COC(=O)[C@@H](C)OC1CNC1.O=C(O)C(F)(F)F. The van der Waals surface area contributed by atoms with Gasteiger partial charge in [0.15, 0.2) is 6.10 Å². The average molecular weight is 273 g/mol. The zero-order chi connectivity index (χ0) is 14.3. The van der Waals surface area contributed by atoms with E-state index in [9.17, 15) is 18.0 Å². The van der Waals surface area contributed by atoms with Crippen molar-refractivity contribution in [2.45, 2.75) is 25.3 Å². The molecule has 106 valence electrons. The molecule has 0 bridgehead atoms. The van der Waals surface area contributed by atoms with Crippen molar-refractivity contribution in [1.82, 2.24) is 5.32 Å². The maximum Gasteiger partial charge on any atom is 0.490 e. The minimum absolute atomic E-state index is 0.184. The molecule has 0 aromatic carbocycles. The summed E-state index contributed by atoms with van der Waals surface area (Å²) in [4.78, 5) is 19.7. The van der Waals surface area contributed by atoms with Gasteiger partial charge in [0.05, 0.1) is 13.2 Å². The zero-order valence-corrected chi connectivity index (χ0v) is 9.78. The summed E-state index contributed by atoms with van der Waals surface area (Å²) in [6.07, 6.45) is -5.34. The normalized spacial score (nSPS) is 16.9. The first-order chi connectivity index (χ1) is 8.18. The average Bonchev–Trinajstić information content (AvgIpc) is 2.21. The first-order valence-electron chi connectivity index (χ1n) is 4.92. The summed E-state index contributed by atoms with van der Waals surface area (Å²) in [5, 5.41) is 10.2. The third-order valence-electron chi connectivity index (χ3n) is 1.92. The number of carboxylic acid groups (broad SMARTS) is 1. The molecule has 0 aromatic rings. The Bertz CT molecular complexity index is 290. The van der Waals surface area contributed by atoms with Gasteiger partial charge >= 0.3 is 18.1 Å². The monoisotopic (exact) mass is 273 g/mol. The number of methoxy groups -OCH3 is 1. The number of carboxylic acids is 1. The van der Waals surface area contributed by atoms with E-state index in [1.54, 1.807) is 6.92 Å². The summed E-state index contributed by atoms with van der Waals surface area (Å²) in [5.74, 6) is -3.07. The fraction of sp³-hybridized carbons (Fsp3) is 0.778. The second kappa shape index (κ2) is 7.17. The van der Waals surface area contributed by atoms with E-state index in [2.05, 4.69) is 10.1 Å². The lowest BCUT2D eigenvalue weighted by Crippen LogP contribution is -2.50. The van der Waals surface area contributed by atoms with Gasteiger partial charge in [-0.25, -0.2) is 9.59 Å². The molecule has 0 aromatic heterocycles. The number of rotatable bonds is 3. The van der Waals surface area contributed by atoms with Gasteiger partial charge in [0.25, 0.3) is 0 Å². The molecule has 1 saturated heterocycles. The minimum atomic E-state index is -5.08. The number of ether oxygens (including phenoxy) is 2. The van der Waals surface area contributed by atoms with Crippen molar-refractivity contribution in [2.75, 3.05) is 20.2 Å². The Hall–Kier alpha value is -1.35. The predicted molar refractivity (Wildman–Crippen MR) is 52.9 cm³/mol.